The molecule has 0 aromatic heterocycles. The van der Waals surface area contributed by atoms with E-state index in [-0.39, 0.29) is 18.3 Å². The molecule has 3 nitrogen and oxygen atoms in total. The van der Waals surface area contributed by atoms with Crippen molar-refractivity contribution in [3.05, 3.63) is 0 Å². The van der Waals surface area contributed by atoms with E-state index in [0.717, 1.165) is 0 Å². The summed E-state index contributed by atoms with van der Waals surface area (Å²) in [5.41, 5.74) is -0.480. The van der Waals surface area contributed by atoms with Crippen molar-refractivity contribution in [3.63, 3.8) is 0 Å². The molecule has 1 fully saturated rings. The molecule has 0 bridgehead atoms. The van der Waals surface area contributed by atoms with Gasteiger partial charge in [0.15, 0.2) is 0 Å². The average molecular weight is 172 g/mol. The maximum absolute atomic E-state index is 5.66. The molecular formula is C8H17BO3. The average Bonchev–Trinajstić information content (AvgIpc) is 2.02. The van der Waals surface area contributed by atoms with Crippen LogP contribution in [0.15, 0.2) is 0 Å². The second-order valence-corrected chi connectivity index (χ2v) is 4.14. The van der Waals surface area contributed by atoms with E-state index < -0.39 is 0 Å². The van der Waals surface area contributed by atoms with Crippen LogP contribution < -0.4 is 0 Å². The van der Waals surface area contributed by atoms with Gasteiger partial charge >= 0.3 is 7.12 Å². The van der Waals surface area contributed by atoms with Crippen LogP contribution in [0.5, 0.6) is 0 Å². The van der Waals surface area contributed by atoms with Crippen LogP contribution in [0.4, 0.5) is 0 Å². The molecule has 0 amide bonds. The molecule has 12 heavy (non-hydrogen) atoms. The number of hydrogen-bond acceptors (Lipinski definition) is 3. The van der Waals surface area contributed by atoms with Crippen molar-refractivity contribution in [2.45, 2.75) is 38.9 Å². The van der Waals surface area contributed by atoms with Gasteiger partial charge in [-0.1, -0.05) is 0 Å². The normalized spacial score (nSPS) is 26.2. The van der Waals surface area contributed by atoms with Crippen molar-refractivity contribution in [2.24, 2.45) is 0 Å². The van der Waals surface area contributed by atoms with Gasteiger partial charge in [0.05, 0.1) is 17.7 Å². The predicted octanol–water partition coefficient (Wildman–Crippen LogP) is 1.26. The Kier molecular flexibility index (Phi) is 2.52. The summed E-state index contributed by atoms with van der Waals surface area (Å²) in [5, 5.41) is 0. The Labute approximate surface area is 74.5 Å². The zero-order valence-electron chi connectivity index (χ0n) is 8.51. The summed E-state index contributed by atoms with van der Waals surface area (Å²) in [5.74, 6) is 0. The van der Waals surface area contributed by atoms with E-state index in [2.05, 4.69) is 0 Å². The minimum absolute atomic E-state index is 0.222. The third kappa shape index (κ3) is 1.65. The molecule has 0 aromatic carbocycles. The fourth-order valence-electron chi connectivity index (χ4n) is 1.17. The lowest BCUT2D eigenvalue weighted by atomic mass is 9.90. The van der Waals surface area contributed by atoms with Crippen molar-refractivity contribution in [3.8, 4) is 0 Å². The molecule has 0 N–H and O–H groups in total. The summed E-state index contributed by atoms with van der Waals surface area (Å²) in [7, 11) is 1.42. The monoisotopic (exact) mass is 172 g/mol. The van der Waals surface area contributed by atoms with Gasteiger partial charge in [-0.25, -0.2) is 0 Å². The second-order valence-electron chi connectivity index (χ2n) is 4.14. The molecule has 1 aliphatic rings. The smallest absolute Gasteiger partial charge is 0.402 e. The van der Waals surface area contributed by atoms with Crippen molar-refractivity contribution in [2.75, 3.05) is 13.6 Å². The highest BCUT2D eigenvalue weighted by atomic mass is 16.7. The minimum atomic E-state index is -0.240. The van der Waals surface area contributed by atoms with Gasteiger partial charge in [-0.2, -0.15) is 0 Å². The lowest BCUT2D eigenvalue weighted by molar-refractivity contribution is 0.00578. The third-order valence-electron chi connectivity index (χ3n) is 2.60. The first-order chi connectivity index (χ1) is 5.39. The molecule has 4 heteroatoms. The van der Waals surface area contributed by atoms with E-state index in [1.54, 1.807) is 7.11 Å². The van der Waals surface area contributed by atoms with Crippen LogP contribution in [0.25, 0.3) is 0 Å². The van der Waals surface area contributed by atoms with Gasteiger partial charge in [0.2, 0.25) is 0 Å². The molecule has 0 radical (unpaired) electrons. The molecule has 0 spiro atoms. The number of methoxy groups -OCH3 is 1. The van der Waals surface area contributed by atoms with Gasteiger partial charge in [0.25, 0.3) is 0 Å². The Balaban J connectivity index is 2.61. The molecule has 1 heterocycles. The quantitative estimate of drug-likeness (QED) is 0.587. The summed E-state index contributed by atoms with van der Waals surface area (Å²) in [6.07, 6.45) is 0. The summed E-state index contributed by atoms with van der Waals surface area (Å²) in [6, 6.07) is 0. The van der Waals surface area contributed by atoms with Crippen LogP contribution in [0.3, 0.4) is 0 Å². The SMILES string of the molecule is COCB1OC(C)(C)C(C)(C)O1. The summed E-state index contributed by atoms with van der Waals surface area (Å²) >= 11 is 0. The molecule has 1 rings (SSSR count). The van der Waals surface area contributed by atoms with E-state index in [1.165, 1.54) is 0 Å². The highest BCUT2D eigenvalue weighted by molar-refractivity contribution is 6.45. The standard InChI is InChI=1S/C8H17BO3/c1-7(2)8(3,4)12-9(11-7)6-10-5/h6H2,1-5H3. The van der Waals surface area contributed by atoms with Gasteiger partial charge < -0.3 is 14.0 Å². The Bertz CT molecular complexity index is 152. The van der Waals surface area contributed by atoms with Crippen molar-refractivity contribution in [1.82, 2.24) is 0 Å². The van der Waals surface area contributed by atoms with Crippen molar-refractivity contribution in [1.29, 1.82) is 0 Å². The fraction of sp³-hybridized carbons (Fsp3) is 1.00. The first-order valence-electron chi connectivity index (χ1n) is 4.23. The Morgan fingerprint density at radius 1 is 1.08 bits per heavy atom. The summed E-state index contributed by atoms with van der Waals surface area (Å²) in [6.45, 7) is 8.61. The van der Waals surface area contributed by atoms with E-state index in [1.807, 2.05) is 27.7 Å². The second kappa shape index (κ2) is 3.02. The van der Waals surface area contributed by atoms with Crippen molar-refractivity contribution < 1.29 is 14.0 Å². The lowest BCUT2D eigenvalue weighted by Crippen LogP contribution is -2.41. The third-order valence-corrected chi connectivity index (χ3v) is 2.60. The fourth-order valence-corrected chi connectivity index (χ4v) is 1.17. The molecule has 0 atom stereocenters. The molecule has 1 aliphatic heterocycles. The van der Waals surface area contributed by atoms with Crippen LogP contribution in [0, 0.1) is 0 Å². The highest BCUT2D eigenvalue weighted by Gasteiger charge is 2.50. The van der Waals surface area contributed by atoms with E-state index in [9.17, 15) is 0 Å². The Morgan fingerprint density at radius 3 is 1.83 bits per heavy atom. The maximum atomic E-state index is 5.66. The van der Waals surface area contributed by atoms with Crippen LogP contribution in [0.1, 0.15) is 27.7 Å². The van der Waals surface area contributed by atoms with Gasteiger partial charge in [0.1, 0.15) is 0 Å². The van der Waals surface area contributed by atoms with Crippen LogP contribution in [-0.2, 0) is 14.0 Å². The van der Waals surface area contributed by atoms with Crippen LogP contribution >= 0.6 is 0 Å². The molecule has 70 valence electrons. The van der Waals surface area contributed by atoms with Gasteiger partial charge in [0, 0.05) is 7.11 Å². The Morgan fingerprint density at radius 2 is 1.50 bits per heavy atom. The molecule has 0 aliphatic carbocycles. The zero-order valence-corrected chi connectivity index (χ0v) is 8.51. The van der Waals surface area contributed by atoms with E-state index in [0.29, 0.717) is 6.51 Å². The summed E-state index contributed by atoms with van der Waals surface area (Å²) < 4.78 is 16.3. The Hall–Kier alpha value is -0.0551. The number of hydrogen-bond donors (Lipinski definition) is 0. The van der Waals surface area contributed by atoms with Crippen LogP contribution in [0.2, 0.25) is 0 Å². The molecule has 0 aromatic rings. The first-order valence-corrected chi connectivity index (χ1v) is 4.23. The van der Waals surface area contributed by atoms with Gasteiger partial charge in [-0.15, -0.1) is 0 Å². The first kappa shape index (κ1) is 10.0. The molecular weight excluding hydrogens is 155 g/mol. The summed E-state index contributed by atoms with van der Waals surface area (Å²) in [4.78, 5) is 0. The predicted molar refractivity (Wildman–Crippen MR) is 48.0 cm³/mol. The highest BCUT2D eigenvalue weighted by Crippen LogP contribution is 2.36. The minimum Gasteiger partial charge on any atom is -0.402 e. The van der Waals surface area contributed by atoms with Gasteiger partial charge in [-0.3, -0.25) is 0 Å². The topological polar surface area (TPSA) is 27.7 Å². The van der Waals surface area contributed by atoms with E-state index >= 15 is 0 Å². The zero-order chi connectivity index (χ0) is 9.41. The molecule has 1 saturated heterocycles. The molecule has 0 saturated carbocycles. The number of rotatable bonds is 2. The molecule has 0 unspecified atom stereocenters. The van der Waals surface area contributed by atoms with Crippen molar-refractivity contribution >= 4 is 7.12 Å². The largest absolute Gasteiger partial charge is 0.485 e. The maximum Gasteiger partial charge on any atom is 0.485 e. The lowest BCUT2D eigenvalue weighted by Gasteiger charge is -2.32. The van der Waals surface area contributed by atoms with Gasteiger partial charge in [-0.05, 0) is 27.7 Å². The van der Waals surface area contributed by atoms with E-state index in [4.69, 9.17) is 14.0 Å². The van der Waals surface area contributed by atoms with Crippen LogP contribution in [-0.4, -0.2) is 31.9 Å². The number of ether oxygens (including phenoxy) is 1.